The lowest BCUT2D eigenvalue weighted by atomic mass is 10.1. The van der Waals surface area contributed by atoms with Gasteiger partial charge in [0, 0.05) is 0 Å². The summed E-state index contributed by atoms with van der Waals surface area (Å²) in [7, 11) is 0. The molecule has 1 aliphatic rings. The summed E-state index contributed by atoms with van der Waals surface area (Å²) in [6.07, 6.45) is 0. The first-order valence-corrected chi connectivity index (χ1v) is 10.2. The van der Waals surface area contributed by atoms with Gasteiger partial charge in [0.1, 0.15) is 17.9 Å². The normalized spacial score (nSPS) is 12.7. The monoisotopic (exact) mass is 433 g/mol. The maximum absolute atomic E-state index is 12.6. The summed E-state index contributed by atoms with van der Waals surface area (Å²) in [6.45, 7) is 1.94. The SMILES string of the molecule is CC(NC(=O)COC(=O)c1ccccc1OCc1ccccc1)c1ccc2c(c1)OCO2. The zero-order chi connectivity index (χ0) is 22.3. The van der Waals surface area contributed by atoms with E-state index in [-0.39, 0.29) is 18.4 Å². The molecule has 0 aliphatic carbocycles. The van der Waals surface area contributed by atoms with E-state index >= 15 is 0 Å². The van der Waals surface area contributed by atoms with E-state index in [0.717, 1.165) is 11.1 Å². The minimum atomic E-state index is -0.625. The van der Waals surface area contributed by atoms with Crippen LogP contribution >= 0.6 is 0 Å². The molecule has 0 saturated carbocycles. The highest BCUT2D eigenvalue weighted by atomic mass is 16.7. The van der Waals surface area contributed by atoms with Gasteiger partial charge in [0.2, 0.25) is 6.79 Å². The quantitative estimate of drug-likeness (QED) is 0.540. The molecule has 0 saturated heterocycles. The Morgan fingerprint density at radius 3 is 2.56 bits per heavy atom. The van der Waals surface area contributed by atoms with E-state index in [0.29, 0.717) is 23.9 Å². The topological polar surface area (TPSA) is 83.1 Å². The molecule has 0 spiro atoms. The molecule has 1 atom stereocenters. The second-order valence-electron chi connectivity index (χ2n) is 7.25. The zero-order valence-corrected chi connectivity index (χ0v) is 17.6. The first-order chi connectivity index (χ1) is 15.6. The molecule has 3 aromatic rings. The van der Waals surface area contributed by atoms with Crippen molar-refractivity contribution in [3.63, 3.8) is 0 Å². The molecular weight excluding hydrogens is 410 g/mol. The van der Waals surface area contributed by atoms with Crippen LogP contribution in [0.15, 0.2) is 72.8 Å². The fraction of sp³-hybridized carbons (Fsp3) is 0.200. The summed E-state index contributed by atoms with van der Waals surface area (Å²) in [4.78, 5) is 24.9. The van der Waals surface area contributed by atoms with E-state index in [9.17, 15) is 9.59 Å². The minimum Gasteiger partial charge on any atom is -0.488 e. The average molecular weight is 433 g/mol. The Morgan fingerprint density at radius 1 is 0.969 bits per heavy atom. The van der Waals surface area contributed by atoms with Gasteiger partial charge in [-0.2, -0.15) is 0 Å². The van der Waals surface area contributed by atoms with Crippen LogP contribution in [0.2, 0.25) is 0 Å². The van der Waals surface area contributed by atoms with Gasteiger partial charge in [0.15, 0.2) is 18.1 Å². The number of hydrogen-bond donors (Lipinski definition) is 1. The van der Waals surface area contributed by atoms with E-state index in [1.807, 2.05) is 49.4 Å². The van der Waals surface area contributed by atoms with Gasteiger partial charge in [0.05, 0.1) is 6.04 Å². The van der Waals surface area contributed by atoms with Crippen LogP contribution < -0.4 is 19.5 Å². The van der Waals surface area contributed by atoms with Gasteiger partial charge in [0.25, 0.3) is 5.91 Å². The first-order valence-electron chi connectivity index (χ1n) is 10.2. The second-order valence-corrected chi connectivity index (χ2v) is 7.25. The lowest BCUT2D eigenvalue weighted by Crippen LogP contribution is -2.31. The number of amides is 1. The van der Waals surface area contributed by atoms with Gasteiger partial charge < -0.3 is 24.3 Å². The number of rotatable bonds is 8. The van der Waals surface area contributed by atoms with Gasteiger partial charge in [-0.1, -0.05) is 48.5 Å². The van der Waals surface area contributed by atoms with E-state index in [4.69, 9.17) is 18.9 Å². The van der Waals surface area contributed by atoms with Gasteiger partial charge in [-0.25, -0.2) is 4.79 Å². The van der Waals surface area contributed by atoms with Crippen LogP contribution in [0.25, 0.3) is 0 Å². The Bertz CT molecular complexity index is 1100. The third kappa shape index (κ3) is 5.18. The number of esters is 1. The Labute approximate surface area is 185 Å². The van der Waals surface area contributed by atoms with Crippen molar-refractivity contribution in [3.8, 4) is 17.2 Å². The third-order valence-electron chi connectivity index (χ3n) is 4.95. The number of hydrogen-bond acceptors (Lipinski definition) is 6. The summed E-state index contributed by atoms with van der Waals surface area (Å²) < 4.78 is 21.7. The van der Waals surface area contributed by atoms with E-state index in [1.54, 1.807) is 30.3 Å². The van der Waals surface area contributed by atoms with Crippen LogP contribution in [0.3, 0.4) is 0 Å². The van der Waals surface area contributed by atoms with Crippen molar-refractivity contribution in [3.05, 3.63) is 89.5 Å². The molecule has 0 aromatic heterocycles. The Morgan fingerprint density at radius 2 is 1.72 bits per heavy atom. The van der Waals surface area contributed by atoms with Gasteiger partial charge in [-0.3, -0.25) is 4.79 Å². The first kappa shape index (κ1) is 21.2. The highest BCUT2D eigenvalue weighted by Crippen LogP contribution is 2.34. The fourth-order valence-electron chi connectivity index (χ4n) is 3.25. The molecule has 1 unspecified atom stereocenters. The second kappa shape index (κ2) is 9.87. The molecule has 7 heteroatoms. The summed E-state index contributed by atoms with van der Waals surface area (Å²) in [6, 6.07) is 21.6. The van der Waals surface area contributed by atoms with Crippen LogP contribution in [-0.2, 0) is 16.1 Å². The Balaban J connectivity index is 1.31. The van der Waals surface area contributed by atoms with E-state index in [2.05, 4.69) is 5.32 Å². The third-order valence-corrected chi connectivity index (χ3v) is 4.95. The van der Waals surface area contributed by atoms with Crippen molar-refractivity contribution in [2.45, 2.75) is 19.6 Å². The molecule has 1 heterocycles. The summed E-state index contributed by atoms with van der Waals surface area (Å²) in [5.41, 5.74) is 2.10. The Hall–Kier alpha value is -4.00. The summed E-state index contributed by atoms with van der Waals surface area (Å²) >= 11 is 0. The van der Waals surface area contributed by atoms with Crippen molar-refractivity contribution in [1.29, 1.82) is 0 Å². The molecule has 0 fully saturated rings. The highest BCUT2D eigenvalue weighted by molar-refractivity contribution is 5.94. The largest absolute Gasteiger partial charge is 0.488 e. The standard InChI is InChI=1S/C25H23NO6/c1-17(19-11-12-22-23(13-19)32-16-31-22)26-24(27)15-30-25(28)20-9-5-6-10-21(20)29-14-18-7-3-2-4-8-18/h2-13,17H,14-16H2,1H3,(H,26,27). The van der Waals surface area contributed by atoms with Crippen LogP contribution in [-0.4, -0.2) is 25.3 Å². The molecule has 7 nitrogen and oxygen atoms in total. The number of fused-ring (bicyclic) bond motifs is 1. The summed E-state index contributed by atoms with van der Waals surface area (Å²) in [5.74, 6) is 0.678. The van der Waals surface area contributed by atoms with Gasteiger partial charge in [-0.05, 0) is 42.3 Å². The molecule has 32 heavy (non-hydrogen) atoms. The molecule has 0 bridgehead atoms. The van der Waals surface area contributed by atoms with Crippen molar-refractivity contribution in [1.82, 2.24) is 5.32 Å². The van der Waals surface area contributed by atoms with Crippen molar-refractivity contribution in [2.75, 3.05) is 13.4 Å². The molecule has 1 amide bonds. The molecule has 1 aliphatic heterocycles. The van der Waals surface area contributed by atoms with Crippen LogP contribution in [0.4, 0.5) is 0 Å². The summed E-state index contributed by atoms with van der Waals surface area (Å²) in [5, 5.41) is 2.81. The zero-order valence-electron chi connectivity index (χ0n) is 17.6. The number of carbonyl (C=O) groups excluding carboxylic acids is 2. The lowest BCUT2D eigenvalue weighted by molar-refractivity contribution is -0.124. The molecule has 164 valence electrons. The predicted octanol–water partition coefficient (Wildman–Crippen LogP) is 4.03. The van der Waals surface area contributed by atoms with E-state index in [1.165, 1.54) is 0 Å². The number of carbonyl (C=O) groups is 2. The number of nitrogens with one attached hydrogen (secondary N) is 1. The molecule has 4 rings (SSSR count). The maximum Gasteiger partial charge on any atom is 0.342 e. The number of benzene rings is 3. The van der Waals surface area contributed by atoms with Crippen LogP contribution in [0.1, 0.15) is 34.5 Å². The van der Waals surface area contributed by atoms with Crippen LogP contribution in [0, 0.1) is 0 Å². The fourth-order valence-corrected chi connectivity index (χ4v) is 3.25. The maximum atomic E-state index is 12.6. The smallest absolute Gasteiger partial charge is 0.342 e. The van der Waals surface area contributed by atoms with Gasteiger partial charge >= 0.3 is 5.97 Å². The molecule has 1 N–H and O–H groups in total. The molecule has 3 aromatic carbocycles. The lowest BCUT2D eigenvalue weighted by Gasteiger charge is -2.15. The van der Waals surface area contributed by atoms with Crippen molar-refractivity contribution in [2.24, 2.45) is 0 Å². The number of para-hydroxylation sites is 1. The van der Waals surface area contributed by atoms with Crippen molar-refractivity contribution < 1.29 is 28.5 Å². The van der Waals surface area contributed by atoms with Crippen molar-refractivity contribution >= 4 is 11.9 Å². The molecular formula is C25H23NO6. The minimum absolute atomic E-state index is 0.187. The van der Waals surface area contributed by atoms with Gasteiger partial charge in [-0.15, -0.1) is 0 Å². The number of ether oxygens (including phenoxy) is 4. The molecule has 0 radical (unpaired) electrons. The highest BCUT2D eigenvalue weighted by Gasteiger charge is 2.19. The van der Waals surface area contributed by atoms with E-state index < -0.39 is 18.5 Å². The predicted molar refractivity (Wildman–Crippen MR) is 117 cm³/mol. The Kier molecular flexibility index (Phi) is 6.55. The van der Waals surface area contributed by atoms with Crippen LogP contribution in [0.5, 0.6) is 17.2 Å². The average Bonchev–Trinajstić information content (AvgIpc) is 3.30.